The summed E-state index contributed by atoms with van der Waals surface area (Å²) in [5.41, 5.74) is 1.27. The number of aliphatic hydroxyl groups is 1. The Balaban J connectivity index is 0.00000420. The highest BCUT2D eigenvalue weighted by Crippen LogP contribution is 2.39. The van der Waals surface area contributed by atoms with Crippen molar-refractivity contribution in [1.82, 2.24) is 10.6 Å². The van der Waals surface area contributed by atoms with Crippen molar-refractivity contribution in [3.8, 4) is 5.75 Å². The van der Waals surface area contributed by atoms with Crippen molar-refractivity contribution in [2.45, 2.75) is 52.1 Å². The van der Waals surface area contributed by atoms with E-state index in [1.54, 1.807) is 7.11 Å². The minimum Gasteiger partial charge on any atom is -0.497 e. The minimum atomic E-state index is 0. The van der Waals surface area contributed by atoms with Gasteiger partial charge in [-0.2, -0.15) is 0 Å². The molecule has 6 nitrogen and oxygen atoms in total. The van der Waals surface area contributed by atoms with Crippen LogP contribution in [-0.2, 0) is 11.3 Å². The van der Waals surface area contributed by atoms with Gasteiger partial charge in [0.05, 0.1) is 20.3 Å². The van der Waals surface area contributed by atoms with E-state index in [1.807, 2.05) is 24.3 Å². The first-order valence-corrected chi connectivity index (χ1v) is 10.5. The molecular weight excluding hydrogens is 481 g/mol. The Morgan fingerprint density at radius 1 is 1.21 bits per heavy atom. The predicted molar refractivity (Wildman–Crippen MR) is 129 cm³/mol. The quantitative estimate of drug-likeness (QED) is 0.180. The van der Waals surface area contributed by atoms with Crippen LogP contribution in [0.2, 0.25) is 0 Å². The fraction of sp³-hybridized carbons (Fsp3) is 0.682. The molecule has 7 heteroatoms. The van der Waals surface area contributed by atoms with Crippen LogP contribution in [0.25, 0.3) is 0 Å². The monoisotopic (exact) mass is 519 g/mol. The van der Waals surface area contributed by atoms with Gasteiger partial charge in [-0.15, -0.1) is 24.0 Å². The van der Waals surface area contributed by atoms with Gasteiger partial charge in [0, 0.05) is 26.2 Å². The number of nitrogens with one attached hydrogen (secondary N) is 2. The molecule has 0 saturated heterocycles. The summed E-state index contributed by atoms with van der Waals surface area (Å²) in [6, 6.07) is 7.93. The summed E-state index contributed by atoms with van der Waals surface area (Å²) in [5.74, 6) is 1.68. The molecule has 1 fully saturated rings. The maximum absolute atomic E-state index is 9.48. The average molecular weight is 519 g/mol. The largest absolute Gasteiger partial charge is 0.497 e. The zero-order valence-electron chi connectivity index (χ0n) is 17.9. The van der Waals surface area contributed by atoms with Crippen LogP contribution >= 0.6 is 24.0 Å². The summed E-state index contributed by atoms with van der Waals surface area (Å²) in [7, 11) is 1.67. The lowest BCUT2D eigenvalue weighted by molar-refractivity contribution is 0.125. The number of halogens is 1. The highest BCUT2D eigenvalue weighted by Gasteiger charge is 2.31. The van der Waals surface area contributed by atoms with Crippen molar-refractivity contribution in [3.63, 3.8) is 0 Å². The first kappa shape index (κ1) is 26.0. The normalized spacial score (nSPS) is 16.0. The van der Waals surface area contributed by atoms with Crippen molar-refractivity contribution in [3.05, 3.63) is 29.8 Å². The van der Waals surface area contributed by atoms with Crippen molar-refractivity contribution in [1.29, 1.82) is 0 Å². The van der Waals surface area contributed by atoms with Crippen LogP contribution in [0.4, 0.5) is 0 Å². The third-order valence-corrected chi connectivity index (χ3v) is 5.41. The van der Waals surface area contributed by atoms with Crippen molar-refractivity contribution in [2.75, 3.05) is 40.0 Å². The van der Waals surface area contributed by atoms with Crippen molar-refractivity contribution >= 4 is 29.9 Å². The number of hydrogen-bond acceptors (Lipinski definition) is 4. The molecule has 0 unspecified atom stereocenters. The summed E-state index contributed by atoms with van der Waals surface area (Å²) in [6.45, 7) is 5.77. The van der Waals surface area contributed by atoms with Crippen LogP contribution in [-0.4, -0.2) is 51.0 Å². The predicted octanol–water partition coefficient (Wildman–Crippen LogP) is 3.72. The molecule has 3 N–H and O–H groups in total. The lowest BCUT2D eigenvalue weighted by Crippen LogP contribution is -2.40. The summed E-state index contributed by atoms with van der Waals surface area (Å²) in [4.78, 5) is 4.82. The number of aliphatic hydroxyl groups excluding tert-OH is 1. The van der Waals surface area contributed by atoms with E-state index >= 15 is 0 Å². The topological polar surface area (TPSA) is 75.1 Å². The second-order valence-corrected chi connectivity index (χ2v) is 7.56. The van der Waals surface area contributed by atoms with E-state index < -0.39 is 0 Å². The number of benzene rings is 1. The molecule has 0 bridgehead atoms. The van der Waals surface area contributed by atoms with Gasteiger partial charge in [0.25, 0.3) is 0 Å². The van der Waals surface area contributed by atoms with Crippen LogP contribution in [0.1, 0.15) is 51.0 Å². The molecule has 0 heterocycles. The van der Waals surface area contributed by atoms with Crippen molar-refractivity contribution < 1.29 is 14.6 Å². The smallest absolute Gasteiger partial charge is 0.191 e. The van der Waals surface area contributed by atoms with Crippen LogP contribution in [0.5, 0.6) is 5.75 Å². The zero-order valence-corrected chi connectivity index (χ0v) is 20.2. The van der Waals surface area contributed by atoms with Gasteiger partial charge >= 0.3 is 0 Å². The molecule has 1 saturated carbocycles. The summed E-state index contributed by atoms with van der Waals surface area (Å²) in [6.07, 6.45) is 6.98. The van der Waals surface area contributed by atoms with E-state index in [1.165, 1.54) is 32.1 Å². The Hall–Kier alpha value is -1.06. The molecule has 2 rings (SSSR count). The minimum absolute atomic E-state index is 0. The van der Waals surface area contributed by atoms with E-state index in [4.69, 9.17) is 14.5 Å². The van der Waals surface area contributed by atoms with E-state index in [9.17, 15) is 5.11 Å². The molecule has 0 atom stereocenters. The highest BCUT2D eigenvalue weighted by molar-refractivity contribution is 14.0. The average Bonchev–Trinajstić information content (AvgIpc) is 2.73. The Labute approximate surface area is 192 Å². The Morgan fingerprint density at radius 2 is 2.00 bits per heavy atom. The molecule has 0 aliphatic heterocycles. The lowest BCUT2D eigenvalue weighted by atomic mass is 9.72. The molecular formula is C22H38IN3O3. The molecule has 0 amide bonds. The number of methoxy groups -OCH3 is 1. The van der Waals surface area contributed by atoms with Gasteiger partial charge in [-0.05, 0) is 49.3 Å². The standard InChI is InChI=1S/C22H37N3O3.HI/c1-3-23-21(25-18-22(12-14-26)10-5-4-6-11-22)24-13-15-28-17-19-8-7-9-20(16-19)27-2;/h7-9,16,26H,3-6,10-15,17-18H2,1-2H3,(H2,23,24,25);1H. The highest BCUT2D eigenvalue weighted by atomic mass is 127. The van der Waals surface area contributed by atoms with Crippen LogP contribution in [0.15, 0.2) is 29.3 Å². The van der Waals surface area contributed by atoms with Crippen LogP contribution < -0.4 is 15.4 Å². The van der Waals surface area contributed by atoms with Gasteiger partial charge in [0.2, 0.25) is 0 Å². The SMILES string of the molecule is CCNC(=NCC1(CCO)CCCCC1)NCCOCc1cccc(OC)c1.I. The maximum Gasteiger partial charge on any atom is 0.191 e. The molecule has 166 valence electrons. The van der Waals surface area contributed by atoms with Gasteiger partial charge < -0.3 is 25.2 Å². The molecule has 29 heavy (non-hydrogen) atoms. The van der Waals surface area contributed by atoms with Gasteiger partial charge in [0.15, 0.2) is 5.96 Å². The van der Waals surface area contributed by atoms with Gasteiger partial charge in [0.1, 0.15) is 5.75 Å². The first-order chi connectivity index (χ1) is 13.7. The van der Waals surface area contributed by atoms with Gasteiger partial charge in [-0.1, -0.05) is 31.4 Å². The third-order valence-electron chi connectivity index (χ3n) is 5.41. The molecule has 1 aromatic carbocycles. The molecule has 1 aliphatic carbocycles. The fourth-order valence-corrected chi connectivity index (χ4v) is 3.81. The maximum atomic E-state index is 9.48. The van der Waals surface area contributed by atoms with Crippen LogP contribution in [0, 0.1) is 5.41 Å². The summed E-state index contributed by atoms with van der Waals surface area (Å²) >= 11 is 0. The van der Waals surface area contributed by atoms with E-state index in [0.717, 1.165) is 36.8 Å². The number of ether oxygens (including phenoxy) is 2. The number of aliphatic imine (C=N–C) groups is 1. The molecule has 1 aromatic rings. The van der Waals surface area contributed by atoms with E-state index in [0.29, 0.717) is 19.8 Å². The Kier molecular flexibility index (Phi) is 13.3. The number of rotatable bonds is 11. The van der Waals surface area contributed by atoms with E-state index in [-0.39, 0.29) is 36.0 Å². The zero-order chi connectivity index (χ0) is 20.1. The van der Waals surface area contributed by atoms with Crippen LogP contribution in [0.3, 0.4) is 0 Å². The van der Waals surface area contributed by atoms with Crippen molar-refractivity contribution in [2.24, 2.45) is 10.4 Å². The second kappa shape index (κ2) is 14.8. The summed E-state index contributed by atoms with van der Waals surface area (Å²) in [5, 5.41) is 16.1. The summed E-state index contributed by atoms with van der Waals surface area (Å²) < 4.78 is 11.0. The number of hydrogen-bond donors (Lipinski definition) is 3. The Morgan fingerprint density at radius 3 is 2.69 bits per heavy atom. The lowest BCUT2D eigenvalue weighted by Gasteiger charge is -2.35. The molecule has 0 aromatic heterocycles. The van der Waals surface area contributed by atoms with E-state index in [2.05, 4.69) is 17.6 Å². The second-order valence-electron chi connectivity index (χ2n) is 7.56. The van der Waals surface area contributed by atoms with Gasteiger partial charge in [-0.3, -0.25) is 4.99 Å². The first-order valence-electron chi connectivity index (χ1n) is 10.5. The number of nitrogens with zero attached hydrogens (tertiary/aromatic N) is 1. The third kappa shape index (κ3) is 9.53. The van der Waals surface area contributed by atoms with Gasteiger partial charge in [-0.25, -0.2) is 0 Å². The molecule has 0 radical (unpaired) electrons. The number of guanidine groups is 1. The fourth-order valence-electron chi connectivity index (χ4n) is 3.81. The Bertz CT molecular complexity index is 587. The molecule has 0 spiro atoms. The molecule has 1 aliphatic rings.